The van der Waals surface area contributed by atoms with E-state index in [-0.39, 0.29) is 31.9 Å². The molecule has 0 radical (unpaired) electrons. The van der Waals surface area contributed by atoms with Gasteiger partial charge in [-0.2, -0.15) is 0 Å². The molecule has 0 saturated carbocycles. The first-order valence-electron chi connectivity index (χ1n) is 17.5. The van der Waals surface area contributed by atoms with E-state index < -0.39 is 34.6 Å². The van der Waals surface area contributed by atoms with Gasteiger partial charge in [0.05, 0.1) is 35.1 Å². The zero-order valence-electron chi connectivity index (χ0n) is 30.1. The van der Waals surface area contributed by atoms with Gasteiger partial charge >= 0.3 is 0 Å². The molecule has 1 aliphatic heterocycles. The number of carbonyl (C=O) groups is 4. The first-order valence-corrected chi connectivity index (χ1v) is 18.7. The van der Waals surface area contributed by atoms with Crippen LogP contribution in [0.3, 0.4) is 0 Å². The van der Waals surface area contributed by atoms with Gasteiger partial charge in [0.25, 0.3) is 0 Å². The summed E-state index contributed by atoms with van der Waals surface area (Å²) in [6.45, 7) is 9.21. The van der Waals surface area contributed by atoms with E-state index in [0.29, 0.717) is 28.7 Å². The molecule has 1 unspecified atom stereocenters. The van der Waals surface area contributed by atoms with Crippen LogP contribution in [-0.2, 0) is 43.1 Å². The molecule has 0 fully saturated rings. The topological polar surface area (TPSA) is 150 Å². The van der Waals surface area contributed by atoms with Crippen molar-refractivity contribution in [2.45, 2.75) is 44.0 Å². The quantitative estimate of drug-likeness (QED) is 0.103. The number of carbonyl (C=O) groups excluding carboxylic acids is 4. The Morgan fingerprint density at radius 1 is 0.927 bits per heavy atom. The molecule has 4 N–H and O–H groups in total. The van der Waals surface area contributed by atoms with Gasteiger partial charge in [0, 0.05) is 52.1 Å². The van der Waals surface area contributed by atoms with E-state index in [1.54, 1.807) is 23.1 Å². The number of rotatable bonds is 14. The highest BCUT2D eigenvalue weighted by Gasteiger charge is 2.22. The minimum absolute atomic E-state index is 0.0670. The maximum Gasteiger partial charge on any atom is 0.246 e. The second-order valence-electron chi connectivity index (χ2n) is 12.7. The third-order valence-corrected chi connectivity index (χ3v) is 9.94. The fourth-order valence-corrected chi connectivity index (χ4v) is 6.79. The van der Waals surface area contributed by atoms with Gasteiger partial charge in [-0.15, -0.1) is 0 Å². The van der Waals surface area contributed by atoms with E-state index in [2.05, 4.69) is 45.9 Å². The predicted octanol–water partition coefficient (Wildman–Crippen LogP) is 5.93. The summed E-state index contributed by atoms with van der Waals surface area (Å²) < 4.78 is 18.3. The van der Waals surface area contributed by atoms with Crippen molar-refractivity contribution in [3.63, 3.8) is 0 Å². The van der Waals surface area contributed by atoms with Crippen LogP contribution in [0.2, 0.25) is 0 Å². The molecule has 1 aromatic heterocycles. The molecule has 2 heterocycles. The number of benzene rings is 4. The molecular formula is C43H39N5O6S. The molecule has 0 spiro atoms. The van der Waals surface area contributed by atoms with Crippen LogP contribution in [-0.4, -0.2) is 45.4 Å². The van der Waals surface area contributed by atoms with Crippen LogP contribution in [0.4, 0.5) is 11.4 Å². The van der Waals surface area contributed by atoms with Crippen molar-refractivity contribution in [3.8, 4) is 17.6 Å². The van der Waals surface area contributed by atoms with Crippen molar-refractivity contribution in [3.05, 3.63) is 137 Å². The lowest BCUT2D eigenvalue weighted by molar-refractivity contribution is -0.128. The monoisotopic (exact) mass is 753 g/mol. The molecule has 1 aliphatic rings. The lowest BCUT2D eigenvalue weighted by atomic mass is 10.0. The number of ether oxygens (including phenoxy) is 1. The van der Waals surface area contributed by atoms with Crippen LogP contribution in [0, 0.1) is 11.8 Å². The number of aromatic nitrogens is 1. The Balaban J connectivity index is 0.936. The standard InChI is InChI=1S/C43H39N5O6S/c1-4-35-36-21-20-34(24-37(36)47-43(35)55(53)5-2)54-27-29-14-18-33(19-15-29)46-42(52)28(3)45-40(50)25-44-39(49)22-23-41(51)48-26-32-12-7-6-10-30(32)16-17-31-11-8-9-13-38(31)48/h4-15,18-21,24,28,47H,1-2,22-23,25-27H2,3H3,(H,44,49)(H,45,50)(H,46,52)/t28-,55?/m0/s1. The van der Waals surface area contributed by atoms with Crippen LogP contribution >= 0.6 is 0 Å². The van der Waals surface area contributed by atoms with Gasteiger partial charge < -0.3 is 30.6 Å². The number of nitrogens with zero attached hydrogens (tertiary/aromatic N) is 1. The Labute approximate surface area is 321 Å². The van der Waals surface area contributed by atoms with E-state index >= 15 is 0 Å². The van der Waals surface area contributed by atoms with Crippen molar-refractivity contribution in [1.82, 2.24) is 15.6 Å². The molecule has 278 valence electrons. The molecule has 0 saturated heterocycles. The molecule has 55 heavy (non-hydrogen) atoms. The van der Waals surface area contributed by atoms with Crippen molar-refractivity contribution < 1.29 is 28.1 Å². The van der Waals surface area contributed by atoms with Gasteiger partial charge in [0.1, 0.15) is 23.4 Å². The van der Waals surface area contributed by atoms with E-state index in [9.17, 15) is 23.4 Å². The molecule has 2 atom stereocenters. The van der Waals surface area contributed by atoms with Gasteiger partial charge in [-0.1, -0.05) is 73.5 Å². The SMILES string of the molecule is C=Cc1c(S(=O)C=C)[nH]c2cc(OCc3ccc(NC(=O)[C@H](C)NC(=O)CNC(=O)CCC(=O)N4Cc5ccccc5C#Cc5ccccc54)cc3)ccc12. The second kappa shape index (κ2) is 17.4. The molecule has 6 rings (SSSR count). The number of fused-ring (bicyclic) bond motifs is 3. The Morgan fingerprint density at radius 2 is 1.65 bits per heavy atom. The van der Waals surface area contributed by atoms with Gasteiger partial charge in [0.15, 0.2) is 0 Å². The fraction of sp³-hybridized carbons (Fsp3) is 0.163. The summed E-state index contributed by atoms with van der Waals surface area (Å²) in [4.78, 5) is 56.2. The maximum absolute atomic E-state index is 13.4. The highest BCUT2D eigenvalue weighted by molar-refractivity contribution is 7.88. The van der Waals surface area contributed by atoms with Crippen molar-refractivity contribution in [2.24, 2.45) is 0 Å². The normalized spacial score (nSPS) is 12.6. The van der Waals surface area contributed by atoms with Crippen LogP contribution in [0.1, 0.15) is 47.6 Å². The third-order valence-electron chi connectivity index (χ3n) is 8.91. The lowest BCUT2D eigenvalue weighted by Gasteiger charge is -2.26. The van der Waals surface area contributed by atoms with Crippen LogP contribution in [0.5, 0.6) is 5.75 Å². The van der Waals surface area contributed by atoms with E-state index in [1.165, 1.54) is 12.3 Å². The predicted molar refractivity (Wildman–Crippen MR) is 214 cm³/mol. The van der Waals surface area contributed by atoms with Crippen LogP contribution < -0.4 is 25.6 Å². The van der Waals surface area contributed by atoms with E-state index in [0.717, 1.165) is 38.7 Å². The average Bonchev–Trinajstić information content (AvgIpc) is 3.57. The van der Waals surface area contributed by atoms with Crippen LogP contribution in [0.15, 0.2) is 115 Å². The molecule has 11 nitrogen and oxygen atoms in total. The third kappa shape index (κ3) is 9.27. The maximum atomic E-state index is 13.4. The Kier molecular flexibility index (Phi) is 12.0. The van der Waals surface area contributed by atoms with E-state index in [1.807, 2.05) is 78.9 Å². The Morgan fingerprint density at radius 3 is 2.42 bits per heavy atom. The van der Waals surface area contributed by atoms with Gasteiger partial charge in [0.2, 0.25) is 23.6 Å². The van der Waals surface area contributed by atoms with E-state index in [4.69, 9.17) is 4.74 Å². The number of nitrogens with one attached hydrogen (secondary N) is 4. The number of aromatic amines is 1. The Hall–Kier alpha value is -6.71. The second-order valence-corrected chi connectivity index (χ2v) is 14.0. The zero-order valence-corrected chi connectivity index (χ0v) is 31.0. The van der Waals surface area contributed by atoms with Gasteiger partial charge in [-0.3, -0.25) is 19.2 Å². The number of hydrogen-bond donors (Lipinski definition) is 4. The van der Waals surface area contributed by atoms with Crippen LogP contribution in [0.25, 0.3) is 17.0 Å². The smallest absolute Gasteiger partial charge is 0.246 e. The first kappa shape index (κ1) is 38.0. The number of hydrogen-bond acceptors (Lipinski definition) is 6. The number of para-hydroxylation sites is 1. The minimum Gasteiger partial charge on any atom is -0.489 e. The Bertz CT molecular complexity index is 2390. The molecule has 0 aliphatic carbocycles. The molecule has 0 bridgehead atoms. The molecule has 4 aromatic carbocycles. The summed E-state index contributed by atoms with van der Waals surface area (Å²) in [5.41, 5.74) is 6.05. The fourth-order valence-electron chi connectivity index (χ4n) is 6.00. The average molecular weight is 754 g/mol. The van der Waals surface area contributed by atoms with Gasteiger partial charge in [-0.25, -0.2) is 4.21 Å². The van der Waals surface area contributed by atoms with Crippen molar-refractivity contribution in [2.75, 3.05) is 16.8 Å². The summed E-state index contributed by atoms with van der Waals surface area (Å²) in [5.74, 6) is 5.25. The molecule has 4 amide bonds. The lowest BCUT2D eigenvalue weighted by Crippen LogP contribution is -2.46. The van der Waals surface area contributed by atoms with Crippen molar-refractivity contribution >= 4 is 62.8 Å². The molecule has 12 heteroatoms. The first-order chi connectivity index (χ1) is 26.6. The minimum atomic E-state index is -1.39. The summed E-state index contributed by atoms with van der Waals surface area (Å²) in [7, 11) is -1.39. The zero-order chi connectivity index (χ0) is 38.9. The van der Waals surface area contributed by atoms with Gasteiger partial charge in [-0.05, 0) is 60.5 Å². The van der Waals surface area contributed by atoms with Crippen molar-refractivity contribution in [1.29, 1.82) is 0 Å². The molecule has 5 aromatic rings. The summed E-state index contributed by atoms with van der Waals surface area (Å²) in [6, 6.07) is 26.8. The highest BCUT2D eigenvalue weighted by Crippen LogP contribution is 2.30. The summed E-state index contributed by atoms with van der Waals surface area (Å²) in [6.07, 6.45) is 1.48. The summed E-state index contributed by atoms with van der Waals surface area (Å²) >= 11 is 0. The number of H-pyrrole nitrogens is 1. The summed E-state index contributed by atoms with van der Waals surface area (Å²) in [5, 5.41) is 10.7. The highest BCUT2D eigenvalue weighted by atomic mass is 32.2. The number of anilines is 2. The largest absolute Gasteiger partial charge is 0.489 e. The molecular weight excluding hydrogens is 715 g/mol. The number of amides is 4.